The van der Waals surface area contributed by atoms with Crippen molar-refractivity contribution in [3.63, 3.8) is 0 Å². The smallest absolute Gasteiger partial charge is 0.216 e. The first-order valence-electron chi connectivity index (χ1n) is 6.17. The molecule has 106 valence electrons. The molecule has 1 aromatic carbocycles. The maximum absolute atomic E-state index is 10.9. The van der Waals surface area contributed by atoms with Gasteiger partial charge in [-0.3, -0.25) is 4.79 Å². The molecule has 0 radical (unpaired) electrons. The number of nitrogens with one attached hydrogen (secondary N) is 1. The third-order valence-electron chi connectivity index (χ3n) is 2.89. The molecule has 19 heavy (non-hydrogen) atoms. The standard InChI is InChI=1S/C14H21NO4/c1-10(17)15-8-11(9-16)7-12-5-4-6-13(18-2)14(12)19-3/h4-6,11,16H,7-9H2,1-3H3,(H,15,17). The molecule has 0 aliphatic heterocycles. The summed E-state index contributed by atoms with van der Waals surface area (Å²) in [5, 5.41) is 12.1. The molecule has 1 rings (SSSR count). The Labute approximate surface area is 113 Å². The molecule has 0 bridgehead atoms. The van der Waals surface area contributed by atoms with Gasteiger partial charge in [0.2, 0.25) is 5.91 Å². The lowest BCUT2D eigenvalue weighted by atomic mass is 9.99. The molecule has 0 saturated carbocycles. The fraction of sp³-hybridized carbons (Fsp3) is 0.500. The van der Waals surface area contributed by atoms with E-state index in [1.54, 1.807) is 14.2 Å². The van der Waals surface area contributed by atoms with E-state index in [4.69, 9.17) is 9.47 Å². The maximum atomic E-state index is 10.9. The van der Waals surface area contributed by atoms with E-state index in [2.05, 4.69) is 5.32 Å². The molecular weight excluding hydrogens is 246 g/mol. The summed E-state index contributed by atoms with van der Waals surface area (Å²) in [5.41, 5.74) is 0.950. The molecule has 0 aliphatic carbocycles. The molecule has 1 aromatic rings. The fourth-order valence-electron chi connectivity index (χ4n) is 1.91. The van der Waals surface area contributed by atoms with E-state index in [0.717, 1.165) is 5.56 Å². The minimum absolute atomic E-state index is 0.000639. The van der Waals surface area contributed by atoms with Gasteiger partial charge in [-0.1, -0.05) is 12.1 Å². The van der Waals surface area contributed by atoms with Gasteiger partial charge in [0.1, 0.15) is 0 Å². The van der Waals surface area contributed by atoms with E-state index >= 15 is 0 Å². The minimum Gasteiger partial charge on any atom is -0.493 e. The van der Waals surface area contributed by atoms with Crippen LogP contribution in [0, 0.1) is 5.92 Å². The second kappa shape index (κ2) is 7.63. The van der Waals surface area contributed by atoms with Crippen molar-refractivity contribution in [2.75, 3.05) is 27.4 Å². The van der Waals surface area contributed by atoms with Gasteiger partial charge in [-0.15, -0.1) is 0 Å². The lowest BCUT2D eigenvalue weighted by Gasteiger charge is -2.17. The van der Waals surface area contributed by atoms with Gasteiger partial charge in [-0.05, 0) is 18.1 Å². The van der Waals surface area contributed by atoms with Gasteiger partial charge < -0.3 is 19.9 Å². The highest BCUT2D eigenvalue weighted by Gasteiger charge is 2.15. The Balaban J connectivity index is 2.81. The number of aliphatic hydroxyl groups is 1. The summed E-state index contributed by atoms with van der Waals surface area (Å²) in [6, 6.07) is 5.63. The Hall–Kier alpha value is -1.75. The van der Waals surface area contributed by atoms with Crippen LogP contribution >= 0.6 is 0 Å². The number of methoxy groups -OCH3 is 2. The normalized spacial score (nSPS) is 11.8. The number of ether oxygens (including phenoxy) is 2. The number of hydrogen-bond donors (Lipinski definition) is 2. The number of carbonyl (C=O) groups excluding carboxylic acids is 1. The first-order chi connectivity index (χ1) is 9.12. The number of benzene rings is 1. The highest BCUT2D eigenvalue weighted by Crippen LogP contribution is 2.32. The molecule has 0 heterocycles. The average Bonchev–Trinajstić information content (AvgIpc) is 2.42. The monoisotopic (exact) mass is 267 g/mol. The first-order valence-corrected chi connectivity index (χ1v) is 6.17. The lowest BCUT2D eigenvalue weighted by Crippen LogP contribution is -2.30. The van der Waals surface area contributed by atoms with Gasteiger partial charge in [0.15, 0.2) is 11.5 Å². The highest BCUT2D eigenvalue weighted by molar-refractivity contribution is 5.72. The third-order valence-corrected chi connectivity index (χ3v) is 2.89. The van der Waals surface area contributed by atoms with Gasteiger partial charge >= 0.3 is 0 Å². The van der Waals surface area contributed by atoms with Crippen molar-refractivity contribution in [1.82, 2.24) is 5.32 Å². The number of rotatable bonds is 7. The van der Waals surface area contributed by atoms with E-state index in [-0.39, 0.29) is 18.4 Å². The summed E-state index contributed by atoms with van der Waals surface area (Å²) < 4.78 is 10.6. The molecule has 0 fully saturated rings. The van der Waals surface area contributed by atoms with Crippen LogP contribution in [0.1, 0.15) is 12.5 Å². The number of amides is 1. The molecule has 5 heteroatoms. The second-order valence-electron chi connectivity index (χ2n) is 4.34. The van der Waals surface area contributed by atoms with Crippen molar-refractivity contribution in [3.05, 3.63) is 23.8 Å². The van der Waals surface area contributed by atoms with Crippen LogP contribution in [0.15, 0.2) is 18.2 Å². The first kappa shape index (κ1) is 15.3. The Morgan fingerprint density at radius 3 is 2.63 bits per heavy atom. The minimum atomic E-state index is -0.101. The van der Waals surface area contributed by atoms with Gasteiger partial charge in [-0.25, -0.2) is 0 Å². The van der Waals surface area contributed by atoms with Crippen LogP contribution in [0.2, 0.25) is 0 Å². The zero-order valence-corrected chi connectivity index (χ0v) is 11.6. The quantitative estimate of drug-likeness (QED) is 0.773. The third kappa shape index (κ3) is 4.44. The predicted molar refractivity (Wildman–Crippen MR) is 72.5 cm³/mol. The van der Waals surface area contributed by atoms with E-state index in [0.29, 0.717) is 24.5 Å². The van der Waals surface area contributed by atoms with Crippen LogP contribution < -0.4 is 14.8 Å². The second-order valence-corrected chi connectivity index (χ2v) is 4.34. The van der Waals surface area contributed by atoms with Crippen LogP contribution in [-0.4, -0.2) is 38.4 Å². The molecule has 0 aliphatic rings. The van der Waals surface area contributed by atoms with E-state index < -0.39 is 0 Å². The zero-order valence-electron chi connectivity index (χ0n) is 11.6. The summed E-state index contributed by atoms with van der Waals surface area (Å²) in [7, 11) is 3.17. The van der Waals surface area contributed by atoms with Crippen molar-refractivity contribution in [2.45, 2.75) is 13.3 Å². The Morgan fingerprint density at radius 2 is 2.11 bits per heavy atom. The summed E-state index contributed by atoms with van der Waals surface area (Å²) in [6.07, 6.45) is 0.608. The highest BCUT2D eigenvalue weighted by atomic mass is 16.5. The summed E-state index contributed by atoms with van der Waals surface area (Å²) in [4.78, 5) is 10.9. The molecule has 1 unspecified atom stereocenters. The molecule has 2 N–H and O–H groups in total. The predicted octanol–water partition coefficient (Wildman–Crippen LogP) is 0.991. The number of hydrogen-bond acceptors (Lipinski definition) is 4. The largest absolute Gasteiger partial charge is 0.493 e. The van der Waals surface area contributed by atoms with Crippen molar-refractivity contribution in [2.24, 2.45) is 5.92 Å². The average molecular weight is 267 g/mol. The number of para-hydroxylation sites is 1. The van der Waals surface area contributed by atoms with Crippen molar-refractivity contribution in [3.8, 4) is 11.5 Å². The molecular formula is C14H21NO4. The van der Waals surface area contributed by atoms with E-state index in [1.807, 2.05) is 18.2 Å². The Bertz CT molecular complexity index is 420. The lowest BCUT2D eigenvalue weighted by molar-refractivity contribution is -0.119. The molecule has 0 saturated heterocycles. The van der Waals surface area contributed by atoms with Crippen LogP contribution in [-0.2, 0) is 11.2 Å². The van der Waals surface area contributed by atoms with Crippen LogP contribution in [0.25, 0.3) is 0 Å². The van der Waals surface area contributed by atoms with Crippen LogP contribution in [0.5, 0.6) is 11.5 Å². The van der Waals surface area contributed by atoms with E-state index in [1.165, 1.54) is 6.92 Å². The Morgan fingerprint density at radius 1 is 1.37 bits per heavy atom. The SMILES string of the molecule is COc1cccc(CC(CO)CNC(C)=O)c1OC. The molecule has 0 spiro atoms. The van der Waals surface area contributed by atoms with Crippen LogP contribution in [0.4, 0.5) is 0 Å². The van der Waals surface area contributed by atoms with Gasteiger partial charge in [-0.2, -0.15) is 0 Å². The molecule has 0 aromatic heterocycles. The van der Waals surface area contributed by atoms with Crippen molar-refractivity contribution >= 4 is 5.91 Å². The topological polar surface area (TPSA) is 67.8 Å². The summed E-state index contributed by atoms with van der Waals surface area (Å²) in [6.45, 7) is 1.90. The van der Waals surface area contributed by atoms with Crippen molar-refractivity contribution in [1.29, 1.82) is 0 Å². The summed E-state index contributed by atoms with van der Waals surface area (Å²) >= 11 is 0. The fourth-order valence-corrected chi connectivity index (χ4v) is 1.91. The molecule has 1 amide bonds. The van der Waals surface area contributed by atoms with E-state index in [9.17, 15) is 9.90 Å². The number of carbonyl (C=O) groups is 1. The van der Waals surface area contributed by atoms with Gasteiger partial charge in [0.05, 0.1) is 14.2 Å². The molecule has 1 atom stereocenters. The van der Waals surface area contributed by atoms with Crippen LogP contribution in [0.3, 0.4) is 0 Å². The van der Waals surface area contributed by atoms with Gasteiger partial charge in [0.25, 0.3) is 0 Å². The van der Waals surface area contributed by atoms with Crippen molar-refractivity contribution < 1.29 is 19.4 Å². The molecule has 5 nitrogen and oxygen atoms in total. The zero-order chi connectivity index (χ0) is 14.3. The Kier molecular flexibility index (Phi) is 6.15. The number of aliphatic hydroxyl groups excluding tert-OH is 1. The summed E-state index contributed by atoms with van der Waals surface area (Å²) in [5.74, 6) is 1.18. The maximum Gasteiger partial charge on any atom is 0.216 e. The van der Waals surface area contributed by atoms with Gasteiger partial charge in [0, 0.05) is 26.0 Å².